The van der Waals surface area contributed by atoms with Gasteiger partial charge < -0.3 is 10.1 Å². The second kappa shape index (κ2) is 8.75. The maximum absolute atomic E-state index is 12.2. The number of pyridine rings is 1. The summed E-state index contributed by atoms with van der Waals surface area (Å²) in [4.78, 5) is 21.7. The number of carbonyl (C=O) groups is 1. The van der Waals surface area contributed by atoms with Crippen molar-refractivity contribution in [1.82, 2.24) is 9.97 Å². The van der Waals surface area contributed by atoms with E-state index in [9.17, 15) is 4.79 Å². The second-order valence-corrected chi connectivity index (χ2v) is 7.18. The topological polar surface area (TPSA) is 64.1 Å². The van der Waals surface area contributed by atoms with E-state index in [1.165, 1.54) is 16.9 Å². The molecule has 0 aliphatic heterocycles. The standard InChI is InChI=1S/C18H17N3O2S2/c1-23-10-17-21-16(12-25-17)18(22)20-14-4-6-15(7-5-14)24-11-13-3-2-8-19-9-13/h2-9,12H,10-11H2,1H3,(H,20,22). The maximum atomic E-state index is 12.2. The SMILES string of the molecule is COCc1nc(C(=O)Nc2ccc(SCc3cccnc3)cc2)cs1. The quantitative estimate of drug-likeness (QED) is 0.630. The van der Waals surface area contributed by atoms with Gasteiger partial charge in [0.1, 0.15) is 10.7 Å². The normalized spacial score (nSPS) is 10.6. The van der Waals surface area contributed by atoms with Crippen molar-refractivity contribution >= 4 is 34.7 Å². The molecule has 7 heteroatoms. The zero-order valence-corrected chi connectivity index (χ0v) is 15.3. The van der Waals surface area contributed by atoms with E-state index in [4.69, 9.17) is 4.74 Å². The summed E-state index contributed by atoms with van der Waals surface area (Å²) < 4.78 is 5.02. The Morgan fingerprint density at radius 3 is 2.84 bits per heavy atom. The first-order valence-electron chi connectivity index (χ1n) is 7.61. The number of thioether (sulfide) groups is 1. The molecule has 0 saturated heterocycles. The molecule has 5 nitrogen and oxygen atoms in total. The molecule has 3 aromatic rings. The minimum atomic E-state index is -0.214. The van der Waals surface area contributed by atoms with Crippen molar-refractivity contribution in [3.63, 3.8) is 0 Å². The highest BCUT2D eigenvalue weighted by molar-refractivity contribution is 7.98. The van der Waals surface area contributed by atoms with E-state index in [0.717, 1.165) is 21.3 Å². The number of benzene rings is 1. The Bertz CT molecular complexity index is 820. The minimum absolute atomic E-state index is 0.214. The van der Waals surface area contributed by atoms with Crippen LogP contribution >= 0.6 is 23.1 Å². The lowest BCUT2D eigenvalue weighted by Crippen LogP contribution is -2.12. The van der Waals surface area contributed by atoms with Crippen LogP contribution in [0.4, 0.5) is 5.69 Å². The van der Waals surface area contributed by atoms with Gasteiger partial charge in [-0.1, -0.05) is 6.07 Å². The molecule has 0 atom stereocenters. The molecule has 0 aliphatic carbocycles. The second-order valence-electron chi connectivity index (χ2n) is 5.19. The Balaban J connectivity index is 1.55. The summed E-state index contributed by atoms with van der Waals surface area (Å²) in [5.41, 5.74) is 2.34. The van der Waals surface area contributed by atoms with Crippen molar-refractivity contribution in [1.29, 1.82) is 0 Å². The molecule has 1 N–H and O–H groups in total. The van der Waals surface area contributed by atoms with Gasteiger partial charge >= 0.3 is 0 Å². The van der Waals surface area contributed by atoms with Crippen molar-refractivity contribution < 1.29 is 9.53 Å². The number of amides is 1. The molecule has 0 bridgehead atoms. The molecule has 0 saturated carbocycles. The van der Waals surface area contributed by atoms with Crippen LogP contribution in [-0.2, 0) is 17.1 Å². The molecule has 2 heterocycles. The highest BCUT2D eigenvalue weighted by Gasteiger charge is 2.11. The highest BCUT2D eigenvalue weighted by atomic mass is 32.2. The molecule has 2 aromatic heterocycles. The summed E-state index contributed by atoms with van der Waals surface area (Å²) in [6.45, 7) is 0.417. The van der Waals surface area contributed by atoms with Gasteiger partial charge in [0.15, 0.2) is 0 Å². The molecular formula is C18H17N3O2S2. The number of anilines is 1. The number of aromatic nitrogens is 2. The predicted octanol–water partition coefficient (Wildman–Crippen LogP) is 4.23. The van der Waals surface area contributed by atoms with Gasteiger partial charge in [-0.2, -0.15) is 0 Å². The summed E-state index contributed by atoms with van der Waals surface area (Å²) in [6.07, 6.45) is 3.64. The first kappa shape index (κ1) is 17.6. The summed E-state index contributed by atoms with van der Waals surface area (Å²) in [5, 5.41) is 5.38. The first-order chi connectivity index (χ1) is 12.2. The number of rotatable bonds is 7. The van der Waals surface area contributed by atoms with Gasteiger partial charge in [-0.25, -0.2) is 4.98 Å². The molecule has 1 amide bonds. The zero-order chi connectivity index (χ0) is 17.5. The van der Waals surface area contributed by atoms with Crippen LogP contribution < -0.4 is 5.32 Å². The van der Waals surface area contributed by atoms with Crippen LogP contribution in [0.5, 0.6) is 0 Å². The maximum Gasteiger partial charge on any atom is 0.275 e. The van der Waals surface area contributed by atoms with Crippen LogP contribution in [0.2, 0.25) is 0 Å². The highest BCUT2D eigenvalue weighted by Crippen LogP contribution is 2.24. The summed E-state index contributed by atoms with van der Waals surface area (Å²) in [7, 11) is 1.61. The lowest BCUT2D eigenvalue weighted by molar-refractivity contribution is 0.102. The number of hydrogen-bond acceptors (Lipinski definition) is 6. The first-order valence-corrected chi connectivity index (χ1v) is 9.47. The number of carbonyl (C=O) groups excluding carboxylic acids is 1. The van der Waals surface area contributed by atoms with Crippen molar-refractivity contribution in [3.05, 3.63) is 70.4 Å². The molecule has 0 spiro atoms. The van der Waals surface area contributed by atoms with E-state index in [-0.39, 0.29) is 5.91 Å². The minimum Gasteiger partial charge on any atom is -0.378 e. The van der Waals surface area contributed by atoms with E-state index in [1.807, 2.05) is 36.5 Å². The van der Waals surface area contributed by atoms with Crippen molar-refractivity contribution in [2.45, 2.75) is 17.3 Å². The van der Waals surface area contributed by atoms with E-state index < -0.39 is 0 Å². The third-order valence-electron chi connectivity index (χ3n) is 3.29. The molecular weight excluding hydrogens is 354 g/mol. The van der Waals surface area contributed by atoms with Gasteiger partial charge in [0.05, 0.1) is 6.61 Å². The van der Waals surface area contributed by atoms with Crippen LogP contribution in [0.15, 0.2) is 59.1 Å². The van der Waals surface area contributed by atoms with E-state index >= 15 is 0 Å². The monoisotopic (exact) mass is 371 g/mol. The fourth-order valence-electron chi connectivity index (χ4n) is 2.08. The fourth-order valence-corrected chi connectivity index (χ4v) is 3.66. The molecule has 0 aliphatic rings. The fraction of sp³-hybridized carbons (Fsp3) is 0.167. The van der Waals surface area contributed by atoms with E-state index in [2.05, 4.69) is 21.4 Å². The van der Waals surface area contributed by atoms with Gasteiger partial charge in [-0.05, 0) is 35.9 Å². The third-order valence-corrected chi connectivity index (χ3v) is 5.20. The molecule has 3 rings (SSSR count). The number of nitrogens with one attached hydrogen (secondary N) is 1. The van der Waals surface area contributed by atoms with Crippen molar-refractivity contribution in [2.24, 2.45) is 0 Å². The summed E-state index contributed by atoms with van der Waals surface area (Å²) in [5.74, 6) is 0.648. The smallest absolute Gasteiger partial charge is 0.275 e. The van der Waals surface area contributed by atoms with Gasteiger partial charge in [0, 0.05) is 41.2 Å². The Morgan fingerprint density at radius 2 is 2.12 bits per heavy atom. The third kappa shape index (κ3) is 5.12. The number of methoxy groups -OCH3 is 1. The summed E-state index contributed by atoms with van der Waals surface area (Å²) in [6, 6.07) is 11.8. The zero-order valence-electron chi connectivity index (χ0n) is 13.6. The van der Waals surface area contributed by atoms with Crippen LogP contribution in [0.3, 0.4) is 0 Å². The van der Waals surface area contributed by atoms with E-state index in [1.54, 1.807) is 30.4 Å². The van der Waals surface area contributed by atoms with Gasteiger partial charge in [0.25, 0.3) is 5.91 Å². The predicted molar refractivity (Wildman–Crippen MR) is 101 cm³/mol. The van der Waals surface area contributed by atoms with Gasteiger partial charge in [-0.15, -0.1) is 23.1 Å². The Hall–Kier alpha value is -2.22. The van der Waals surface area contributed by atoms with Crippen molar-refractivity contribution in [2.75, 3.05) is 12.4 Å². The largest absolute Gasteiger partial charge is 0.378 e. The van der Waals surface area contributed by atoms with Gasteiger partial charge in [-0.3, -0.25) is 9.78 Å². The molecule has 0 fully saturated rings. The average molecular weight is 371 g/mol. The Kier molecular flexibility index (Phi) is 6.16. The van der Waals surface area contributed by atoms with Crippen LogP contribution in [0.1, 0.15) is 21.1 Å². The number of ether oxygens (including phenoxy) is 1. The molecule has 0 radical (unpaired) electrons. The average Bonchev–Trinajstić information content (AvgIpc) is 3.11. The van der Waals surface area contributed by atoms with Crippen LogP contribution in [-0.4, -0.2) is 23.0 Å². The lowest BCUT2D eigenvalue weighted by Gasteiger charge is -2.05. The number of hydrogen-bond donors (Lipinski definition) is 1. The Morgan fingerprint density at radius 1 is 1.28 bits per heavy atom. The van der Waals surface area contributed by atoms with Crippen LogP contribution in [0, 0.1) is 0 Å². The number of nitrogens with zero attached hydrogens (tertiary/aromatic N) is 2. The van der Waals surface area contributed by atoms with Gasteiger partial charge in [0.2, 0.25) is 0 Å². The van der Waals surface area contributed by atoms with E-state index in [0.29, 0.717) is 12.3 Å². The Labute approximate surface area is 154 Å². The lowest BCUT2D eigenvalue weighted by atomic mass is 10.3. The summed E-state index contributed by atoms with van der Waals surface area (Å²) >= 11 is 3.14. The molecule has 25 heavy (non-hydrogen) atoms. The molecule has 1 aromatic carbocycles. The molecule has 0 unspecified atom stereocenters. The number of thiazole rings is 1. The van der Waals surface area contributed by atoms with Crippen molar-refractivity contribution in [3.8, 4) is 0 Å². The van der Waals surface area contributed by atoms with Crippen LogP contribution in [0.25, 0.3) is 0 Å². The molecule has 128 valence electrons.